The largest absolute Gasteiger partial charge is 0.333 e. The Balaban J connectivity index is 1.78. The number of hydrogen-bond donors (Lipinski definition) is 1. The van der Waals surface area contributed by atoms with E-state index in [-0.39, 0.29) is 0 Å². The zero-order valence-electron chi connectivity index (χ0n) is 9.73. The van der Waals surface area contributed by atoms with Gasteiger partial charge in [0, 0.05) is 5.75 Å². The molecule has 0 spiro atoms. The fourth-order valence-electron chi connectivity index (χ4n) is 1.75. The van der Waals surface area contributed by atoms with Crippen molar-refractivity contribution in [3.05, 3.63) is 52.3 Å². The minimum Gasteiger partial charge on any atom is -0.333 e. The average molecular weight is 310 g/mol. The number of fused-ring (bicyclic) bond motifs is 1. The summed E-state index contributed by atoms with van der Waals surface area (Å²) in [4.78, 5) is 11.7. The minimum absolute atomic E-state index is 0.410. The fraction of sp³-hybridized carbons (Fsp3) is 0.0769. The van der Waals surface area contributed by atoms with Crippen LogP contribution in [0.15, 0.2) is 41.6 Å². The summed E-state index contributed by atoms with van der Waals surface area (Å²) in [5, 5.41) is 1.70. The van der Waals surface area contributed by atoms with Crippen molar-refractivity contribution < 1.29 is 0 Å². The molecule has 2 heterocycles. The van der Waals surface area contributed by atoms with Gasteiger partial charge in [0.15, 0.2) is 5.16 Å². The molecule has 0 aliphatic heterocycles. The molecule has 2 aromatic heterocycles. The molecular weight excluding hydrogens is 301 g/mol. The molecule has 3 rings (SSSR count). The first kappa shape index (κ1) is 12.8. The molecular formula is C13H9Cl2N3S. The molecule has 0 radical (unpaired) electrons. The van der Waals surface area contributed by atoms with Gasteiger partial charge in [0.1, 0.15) is 10.3 Å². The van der Waals surface area contributed by atoms with Gasteiger partial charge in [-0.25, -0.2) is 9.97 Å². The van der Waals surface area contributed by atoms with Crippen molar-refractivity contribution in [1.82, 2.24) is 15.0 Å². The topological polar surface area (TPSA) is 41.6 Å². The Morgan fingerprint density at radius 3 is 2.53 bits per heavy atom. The molecule has 96 valence electrons. The van der Waals surface area contributed by atoms with E-state index in [4.69, 9.17) is 23.2 Å². The van der Waals surface area contributed by atoms with E-state index in [0.29, 0.717) is 10.3 Å². The summed E-state index contributed by atoms with van der Waals surface area (Å²) in [5.74, 6) is 0.738. The molecule has 0 atom stereocenters. The van der Waals surface area contributed by atoms with Gasteiger partial charge >= 0.3 is 0 Å². The maximum absolute atomic E-state index is 5.87. The van der Waals surface area contributed by atoms with Crippen LogP contribution in [0.3, 0.4) is 0 Å². The van der Waals surface area contributed by atoms with Crippen LogP contribution >= 0.6 is 35.0 Å². The lowest BCUT2D eigenvalue weighted by atomic mass is 10.3. The predicted octanol–water partition coefficient (Wildman–Crippen LogP) is 4.56. The summed E-state index contributed by atoms with van der Waals surface area (Å²) >= 11 is 13.3. The fourth-order valence-corrected chi connectivity index (χ4v) is 3.07. The van der Waals surface area contributed by atoms with Gasteiger partial charge in [-0.15, -0.1) is 0 Å². The molecule has 3 nitrogen and oxygen atoms in total. The summed E-state index contributed by atoms with van der Waals surface area (Å²) in [7, 11) is 0. The SMILES string of the molecule is Clc1cc(CSc2nc3ccccc3[nH]2)cc(Cl)n1. The Kier molecular flexibility index (Phi) is 3.64. The smallest absolute Gasteiger partial charge is 0.166 e. The molecule has 1 aromatic carbocycles. The molecule has 0 unspecified atom stereocenters. The second-order valence-corrected chi connectivity index (χ2v) is 5.71. The molecule has 0 saturated carbocycles. The van der Waals surface area contributed by atoms with Gasteiger partial charge in [-0.2, -0.15) is 0 Å². The molecule has 0 aliphatic carbocycles. The first-order valence-corrected chi connectivity index (χ1v) is 7.34. The monoisotopic (exact) mass is 309 g/mol. The zero-order chi connectivity index (χ0) is 13.2. The molecule has 6 heteroatoms. The van der Waals surface area contributed by atoms with E-state index >= 15 is 0 Å². The minimum atomic E-state index is 0.410. The van der Waals surface area contributed by atoms with Crippen molar-refractivity contribution in [1.29, 1.82) is 0 Å². The number of hydrogen-bond acceptors (Lipinski definition) is 3. The second kappa shape index (κ2) is 5.41. The number of nitrogens with one attached hydrogen (secondary N) is 1. The van der Waals surface area contributed by atoms with E-state index in [1.54, 1.807) is 11.8 Å². The van der Waals surface area contributed by atoms with Crippen molar-refractivity contribution in [2.45, 2.75) is 10.9 Å². The number of rotatable bonds is 3. The van der Waals surface area contributed by atoms with Crippen LogP contribution in [0.2, 0.25) is 10.3 Å². The molecule has 3 aromatic rings. The van der Waals surface area contributed by atoms with Crippen molar-refractivity contribution in [3.63, 3.8) is 0 Å². The number of H-pyrrole nitrogens is 1. The Morgan fingerprint density at radius 1 is 1.05 bits per heavy atom. The number of para-hydroxylation sites is 2. The van der Waals surface area contributed by atoms with Crippen LogP contribution in [0.5, 0.6) is 0 Å². The summed E-state index contributed by atoms with van der Waals surface area (Å²) in [6.07, 6.45) is 0. The highest BCUT2D eigenvalue weighted by Crippen LogP contribution is 2.25. The number of benzene rings is 1. The van der Waals surface area contributed by atoms with Crippen LogP contribution < -0.4 is 0 Å². The number of imidazole rings is 1. The molecule has 0 aliphatic rings. The van der Waals surface area contributed by atoms with E-state index in [1.165, 1.54) is 0 Å². The Bertz CT molecular complexity index is 673. The molecule has 0 bridgehead atoms. The van der Waals surface area contributed by atoms with E-state index in [1.807, 2.05) is 36.4 Å². The first-order chi connectivity index (χ1) is 9.20. The maximum Gasteiger partial charge on any atom is 0.166 e. The van der Waals surface area contributed by atoms with Gasteiger partial charge in [0.05, 0.1) is 11.0 Å². The van der Waals surface area contributed by atoms with E-state index in [9.17, 15) is 0 Å². The van der Waals surface area contributed by atoms with Crippen molar-refractivity contribution in [2.24, 2.45) is 0 Å². The van der Waals surface area contributed by atoms with Gasteiger partial charge in [0.25, 0.3) is 0 Å². The number of pyridine rings is 1. The Morgan fingerprint density at radius 2 is 1.79 bits per heavy atom. The third kappa shape index (κ3) is 3.03. The number of thioether (sulfide) groups is 1. The highest BCUT2D eigenvalue weighted by Gasteiger charge is 2.05. The normalized spacial score (nSPS) is 11.1. The van der Waals surface area contributed by atoms with Crippen LogP contribution in [0.1, 0.15) is 5.56 Å². The lowest BCUT2D eigenvalue weighted by Crippen LogP contribution is -1.85. The lowest BCUT2D eigenvalue weighted by molar-refractivity contribution is 1.08. The van der Waals surface area contributed by atoms with Crippen molar-refractivity contribution >= 4 is 46.0 Å². The third-order valence-corrected chi connectivity index (χ3v) is 3.90. The zero-order valence-corrected chi connectivity index (χ0v) is 12.1. The van der Waals surface area contributed by atoms with Crippen LogP contribution in [-0.2, 0) is 5.75 Å². The van der Waals surface area contributed by atoms with Crippen LogP contribution in [0.25, 0.3) is 11.0 Å². The summed E-state index contributed by atoms with van der Waals surface area (Å²) in [5.41, 5.74) is 3.03. The lowest BCUT2D eigenvalue weighted by Gasteiger charge is -2.00. The van der Waals surface area contributed by atoms with E-state index < -0.39 is 0 Å². The molecule has 0 amide bonds. The van der Waals surface area contributed by atoms with Crippen LogP contribution in [-0.4, -0.2) is 15.0 Å². The quantitative estimate of drug-likeness (QED) is 0.569. The maximum atomic E-state index is 5.87. The average Bonchev–Trinajstić information content (AvgIpc) is 2.78. The van der Waals surface area contributed by atoms with E-state index in [2.05, 4.69) is 15.0 Å². The Hall–Kier alpha value is -1.23. The van der Waals surface area contributed by atoms with Gasteiger partial charge in [0.2, 0.25) is 0 Å². The summed E-state index contributed by atoms with van der Waals surface area (Å²) < 4.78 is 0. The molecule has 0 saturated heterocycles. The summed E-state index contributed by atoms with van der Waals surface area (Å²) in [6.45, 7) is 0. The molecule has 1 N–H and O–H groups in total. The van der Waals surface area contributed by atoms with Gasteiger partial charge in [-0.3, -0.25) is 0 Å². The highest BCUT2D eigenvalue weighted by molar-refractivity contribution is 7.98. The van der Waals surface area contributed by atoms with Crippen molar-refractivity contribution in [3.8, 4) is 0 Å². The van der Waals surface area contributed by atoms with Gasteiger partial charge in [-0.1, -0.05) is 47.1 Å². The Labute approximate surface area is 124 Å². The first-order valence-electron chi connectivity index (χ1n) is 5.60. The second-order valence-electron chi connectivity index (χ2n) is 3.97. The third-order valence-electron chi connectivity index (χ3n) is 2.57. The van der Waals surface area contributed by atoms with Crippen LogP contribution in [0.4, 0.5) is 0 Å². The van der Waals surface area contributed by atoms with Crippen molar-refractivity contribution in [2.75, 3.05) is 0 Å². The van der Waals surface area contributed by atoms with Crippen LogP contribution in [0, 0.1) is 0 Å². The highest BCUT2D eigenvalue weighted by atomic mass is 35.5. The number of aromatic nitrogens is 3. The van der Waals surface area contributed by atoms with Gasteiger partial charge < -0.3 is 4.98 Å². The summed E-state index contributed by atoms with van der Waals surface area (Å²) in [6, 6.07) is 11.6. The standard InChI is InChI=1S/C13H9Cl2N3S/c14-11-5-8(6-12(15)18-11)7-19-13-16-9-3-1-2-4-10(9)17-13/h1-6H,7H2,(H,16,17). The number of halogens is 2. The molecule has 0 fully saturated rings. The molecule has 19 heavy (non-hydrogen) atoms. The predicted molar refractivity (Wildman–Crippen MR) is 79.9 cm³/mol. The van der Waals surface area contributed by atoms with E-state index in [0.717, 1.165) is 27.5 Å². The number of nitrogens with zero attached hydrogens (tertiary/aromatic N) is 2. The van der Waals surface area contributed by atoms with Gasteiger partial charge in [-0.05, 0) is 29.8 Å². The number of aromatic amines is 1.